The van der Waals surface area contributed by atoms with Gasteiger partial charge in [0, 0.05) is 29.9 Å². The van der Waals surface area contributed by atoms with Gasteiger partial charge in [-0.25, -0.2) is 0 Å². The highest BCUT2D eigenvalue weighted by Crippen LogP contribution is 2.31. The number of nitro benzene ring substituents is 1. The normalized spacial score (nSPS) is 13.4. The van der Waals surface area contributed by atoms with Crippen LogP contribution in [0.2, 0.25) is 0 Å². The number of non-ortho nitro benzene ring substituents is 1. The predicted molar refractivity (Wildman–Crippen MR) is 103 cm³/mol. The van der Waals surface area contributed by atoms with Gasteiger partial charge in [-0.05, 0) is 41.7 Å². The molecule has 7 heteroatoms. The Bertz CT molecular complexity index is 891. The quantitative estimate of drug-likeness (QED) is 0.645. The zero-order valence-corrected chi connectivity index (χ0v) is 15.3. The summed E-state index contributed by atoms with van der Waals surface area (Å²) in [5.74, 6) is -0.0743. The van der Waals surface area contributed by atoms with Crippen LogP contribution in [0.3, 0.4) is 0 Å². The number of benzene rings is 2. The molecule has 1 N–H and O–H groups in total. The van der Waals surface area contributed by atoms with Crippen LogP contribution in [0.1, 0.15) is 37.3 Å². The van der Waals surface area contributed by atoms with Crippen molar-refractivity contribution in [3.63, 3.8) is 0 Å². The summed E-state index contributed by atoms with van der Waals surface area (Å²) in [6.07, 6.45) is 0.662. The van der Waals surface area contributed by atoms with Gasteiger partial charge in [-0.15, -0.1) is 0 Å². The molecule has 2 aromatic carbocycles. The number of nitrogens with one attached hydrogen (secondary N) is 1. The Morgan fingerprint density at radius 2 is 1.89 bits per heavy atom. The summed E-state index contributed by atoms with van der Waals surface area (Å²) < 4.78 is 0. The lowest BCUT2D eigenvalue weighted by Crippen LogP contribution is -2.40. The van der Waals surface area contributed by atoms with Crippen LogP contribution in [-0.2, 0) is 16.0 Å². The van der Waals surface area contributed by atoms with Crippen molar-refractivity contribution in [3.8, 4) is 0 Å². The fourth-order valence-electron chi connectivity index (χ4n) is 3.13. The molecule has 0 fully saturated rings. The summed E-state index contributed by atoms with van der Waals surface area (Å²) >= 11 is 0. The molecule has 140 valence electrons. The molecule has 0 aliphatic carbocycles. The van der Waals surface area contributed by atoms with E-state index in [1.807, 2.05) is 24.3 Å². The third-order valence-corrected chi connectivity index (χ3v) is 4.64. The molecule has 0 unspecified atom stereocenters. The summed E-state index contributed by atoms with van der Waals surface area (Å²) in [4.78, 5) is 36.6. The average Bonchev–Trinajstić information content (AvgIpc) is 2.64. The molecule has 0 bridgehead atoms. The zero-order valence-electron chi connectivity index (χ0n) is 15.3. The highest BCUT2D eigenvalue weighted by molar-refractivity contribution is 6.04. The molecule has 1 aliphatic rings. The standard InChI is InChI=1S/C20H21N3O4/c1-13(2)14-3-6-16(7-4-14)21-19(24)12-22-18-9-8-17(23(26)27)11-15(18)5-10-20(22)25/h3-4,6-9,11,13H,5,10,12H2,1-2H3,(H,21,24). The van der Waals surface area contributed by atoms with Gasteiger partial charge in [-0.2, -0.15) is 0 Å². The number of aryl methyl sites for hydroxylation is 1. The first-order valence-corrected chi connectivity index (χ1v) is 8.82. The Morgan fingerprint density at radius 1 is 1.19 bits per heavy atom. The largest absolute Gasteiger partial charge is 0.325 e. The number of hydrogen-bond acceptors (Lipinski definition) is 4. The van der Waals surface area contributed by atoms with Gasteiger partial charge in [0.2, 0.25) is 11.8 Å². The van der Waals surface area contributed by atoms with Crippen molar-refractivity contribution in [3.05, 3.63) is 63.7 Å². The van der Waals surface area contributed by atoms with Crippen molar-refractivity contribution >= 4 is 28.9 Å². The van der Waals surface area contributed by atoms with E-state index in [9.17, 15) is 19.7 Å². The van der Waals surface area contributed by atoms with Crippen molar-refractivity contribution in [2.45, 2.75) is 32.6 Å². The first-order chi connectivity index (χ1) is 12.8. The second-order valence-electron chi connectivity index (χ2n) is 6.87. The molecular weight excluding hydrogens is 346 g/mol. The van der Waals surface area contributed by atoms with E-state index in [1.54, 1.807) is 0 Å². The molecule has 0 spiro atoms. The van der Waals surface area contributed by atoms with Crippen LogP contribution in [-0.4, -0.2) is 23.3 Å². The van der Waals surface area contributed by atoms with E-state index in [-0.39, 0.29) is 30.5 Å². The molecule has 2 amide bonds. The fourth-order valence-corrected chi connectivity index (χ4v) is 3.13. The Kier molecular flexibility index (Phi) is 5.21. The van der Waals surface area contributed by atoms with Crippen molar-refractivity contribution in [2.75, 3.05) is 16.8 Å². The lowest BCUT2D eigenvalue weighted by molar-refractivity contribution is -0.384. The number of fused-ring (bicyclic) bond motifs is 1. The average molecular weight is 367 g/mol. The van der Waals surface area contributed by atoms with Crippen LogP contribution in [0, 0.1) is 10.1 Å². The number of anilines is 2. The zero-order chi connectivity index (χ0) is 19.6. The number of hydrogen-bond donors (Lipinski definition) is 1. The fraction of sp³-hybridized carbons (Fsp3) is 0.300. The van der Waals surface area contributed by atoms with E-state index in [0.717, 1.165) is 0 Å². The van der Waals surface area contributed by atoms with E-state index < -0.39 is 4.92 Å². The molecule has 2 aromatic rings. The Morgan fingerprint density at radius 3 is 2.52 bits per heavy atom. The van der Waals surface area contributed by atoms with Gasteiger partial charge < -0.3 is 10.2 Å². The Labute approximate surface area is 157 Å². The molecule has 1 aliphatic heterocycles. The van der Waals surface area contributed by atoms with E-state index in [1.165, 1.54) is 28.7 Å². The second-order valence-corrected chi connectivity index (χ2v) is 6.87. The van der Waals surface area contributed by atoms with Crippen LogP contribution in [0.5, 0.6) is 0 Å². The van der Waals surface area contributed by atoms with Crippen LogP contribution in [0.4, 0.5) is 17.1 Å². The Hall–Kier alpha value is -3.22. The molecule has 0 saturated carbocycles. The summed E-state index contributed by atoms with van der Waals surface area (Å²) in [5, 5.41) is 13.7. The summed E-state index contributed by atoms with van der Waals surface area (Å²) in [5.41, 5.74) is 3.09. The Balaban J connectivity index is 1.74. The minimum Gasteiger partial charge on any atom is -0.325 e. The van der Waals surface area contributed by atoms with Crippen molar-refractivity contribution in [1.29, 1.82) is 0 Å². The number of amides is 2. The van der Waals surface area contributed by atoms with Gasteiger partial charge in [-0.3, -0.25) is 19.7 Å². The third-order valence-electron chi connectivity index (χ3n) is 4.64. The molecule has 27 heavy (non-hydrogen) atoms. The number of carbonyl (C=O) groups excluding carboxylic acids is 2. The topological polar surface area (TPSA) is 92.6 Å². The summed E-state index contributed by atoms with van der Waals surface area (Å²) in [6.45, 7) is 4.06. The smallest absolute Gasteiger partial charge is 0.269 e. The summed E-state index contributed by atoms with van der Waals surface area (Å²) in [6, 6.07) is 12.0. The maximum absolute atomic E-state index is 12.4. The minimum absolute atomic E-state index is 0.0160. The minimum atomic E-state index is -0.464. The number of nitro groups is 1. The predicted octanol–water partition coefficient (Wildman–Crippen LogP) is 3.64. The molecule has 0 atom stereocenters. The van der Waals surface area contributed by atoms with Crippen LogP contribution in [0.15, 0.2) is 42.5 Å². The maximum Gasteiger partial charge on any atom is 0.269 e. The van der Waals surface area contributed by atoms with Crippen molar-refractivity contribution < 1.29 is 14.5 Å². The van der Waals surface area contributed by atoms with Gasteiger partial charge in [0.05, 0.1) is 4.92 Å². The highest BCUT2D eigenvalue weighted by Gasteiger charge is 2.27. The van der Waals surface area contributed by atoms with Gasteiger partial charge in [-0.1, -0.05) is 26.0 Å². The van der Waals surface area contributed by atoms with Gasteiger partial charge >= 0.3 is 0 Å². The number of nitrogens with zero attached hydrogens (tertiary/aromatic N) is 2. The highest BCUT2D eigenvalue weighted by atomic mass is 16.6. The van der Waals surface area contributed by atoms with E-state index in [2.05, 4.69) is 19.2 Å². The molecule has 7 nitrogen and oxygen atoms in total. The maximum atomic E-state index is 12.4. The van der Waals surface area contributed by atoms with E-state index in [4.69, 9.17) is 0 Å². The van der Waals surface area contributed by atoms with E-state index >= 15 is 0 Å². The lowest BCUT2D eigenvalue weighted by Gasteiger charge is -2.28. The first-order valence-electron chi connectivity index (χ1n) is 8.82. The van der Waals surface area contributed by atoms with Gasteiger partial charge in [0.25, 0.3) is 5.69 Å². The monoisotopic (exact) mass is 367 g/mol. The molecule has 3 rings (SSSR count). The van der Waals surface area contributed by atoms with Gasteiger partial charge in [0.15, 0.2) is 0 Å². The second kappa shape index (κ2) is 7.57. The third kappa shape index (κ3) is 4.13. The van der Waals surface area contributed by atoms with Crippen molar-refractivity contribution in [2.24, 2.45) is 0 Å². The summed E-state index contributed by atoms with van der Waals surface area (Å²) in [7, 11) is 0. The molecule has 0 radical (unpaired) electrons. The van der Waals surface area contributed by atoms with Crippen LogP contribution in [0.25, 0.3) is 0 Å². The van der Waals surface area contributed by atoms with Gasteiger partial charge in [0.1, 0.15) is 6.54 Å². The number of rotatable bonds is 5. The lowest BCUT2D eigenvalue weighted by atomic mass is 10.0. The molecule has 0 aromatic heterocycles. The van der Waals surface area contributed by atoms with Crippen LogP contribution >= 0.6 is 0 Å². The SMILES string of the molecule is CC(C)c1ccc(NC(=O)CN2C(=O)CCc3cc([N+](=O)[O-])ccc32)cc1. The number of carbonyl (C=O) groups is 2. The molecular formula is C20H21N3O4. The van der Waals surface area contributed by atoms with Crippen molar-refractivity contribution in [1.82, 2.24) is 0 Å². The van der Waals surface area contributed by atoms with Crippen LogP contribution < -0.4 is 10.2 Å². The molecule has 0 saturated heterocycles. The first kappa shape index (κ1) is 18.6. The van der Waals surface area contributed by atoms with E-state index in [0.29, 0.717) is 29.3 Å². The molecule has 1 heterocycles.